The van der Waals surface area contributed by atoms with Crippen molar-refractivity contribution in [3.63, 3.8) is 0 Å². The van der Waals surface area contributed by atoms with Gasteiger partial charge in [-0.2, -0.15) is 0 Å². The lowest BCUT2D eigenvalue weighted by Crippen LogP contribution is -2.53. The van der Waals surface area contributed by atoms with Crippen LogP contribution < -0.4 is 5.32 Å². The SMILES string of the molecule is CC(C)NC(=O)[C@H]1OCC(=O)N(C)[C@@H]1c1cccc(F)c1. The molecule has 114 valence electrons. The molecule has 0 saturated carbocycles. The third-order valence-corrected chi connectivity index (χ3v) is 3.36. The highest BCUT2D eigenvalue weighted by Gasteiger charge is 2.40. The van der Waals surface area contributed by atoms with Crippen molar-refractivity contribution in [1.82, 2.24) is 10.2 Å². The molecule has 0 unspecified atom stereocenters. The van der Waals surface area contributed by atoms with Gasteiger partial charge < -0.3 is 15.0 Å². The van der Waals surface area contributed by atoms with Crippen LogP contribution in [0.4, 0.5) is 4.39 Å². The average Bonchev–Trinajstić information content (AvgIpc) is 2.40. The number of morpholine rings is 1. The Bertz CT molecular complexity index is 547. The number of halogens is 1. The fourth-order valence-electron chi connectivity index (χ4n) is 2.39. The van der Waals surface area contributed by atoms with Gasteiger partial charge in [0.1, 0.15) is 12.4 Å². The highest BCUT2D eigenvalue weighted by Crippen LogP contribution is 2.29. The molecular weight excluding hydrogens is 275 g/mol. The molecule has 1 fully saturated rings. The van der Waals surface area contributed by atoms with E-state index in [9.17, 15) is 14.0 Å². The van der Waals surface area contributed by atoms with Crippen molar-refractivity contribution < 1.29 is 18.7 Å². The molecule has 0 bridgehead atoms. The summed E-state index contributed by atoms with van der Waals surface area (Å²) < 4.78 is 18.8. The van der Waals surface area contributed by atoms with E-state index < -0.39 is 18.0 Å². The maximum atomic E-state index is 13.4. The first-order chi connectivity index (χ1) is 9.90. The van der Waals surface area contributed by atoms with E-state index in [-0.39, 0.29) is 24.5 Å². The van der Waals surface area contributed by atoms with E-state index in [4.69, 9.17) is 4.74 Å². The summed E-state index contributed by atoms with van der Waals surface area (Å²) in [5.74, 6) is -0.960. The maximum absolute atomic E-state index is 13.4. The molecule has 2 atom stereocenters. The summed E-state index contributed by atoms with van der Waals surface area (Å²) in [4.78, 5) is 25.5. The number of likely N-dealkylation sites (N-methyl/N-ethyl adjacent to an activating group) is 1. The first kappa shape index (κ1) is 15.4. The normalized spacial score (nSPS) is 22.5. The smallest absolute Gasteiger partial charge is 0.251 e. The summed E-state index contributed by atoms with van der Waals surface area (Å²) in [7, 11) is 1.59. The number of hydrogen-bond donors (Lipinski definition) is 1. The predicted octanol–water partition coefficient (Wildman–Crippen LogP) is 1.25. The molecule has 1 aromatic carbocycles. The summed E-state index contributed by atoms with van der Waals surface area (Å²) in [6.07, 6.45) is -0.850. The predicted molar refractivity (Wildman–Crippen MR) is 74.9 cm³/mol. The Balaban J connectivity index is 2.33. The van der Waals surface area contributed by atoms with Crippen LogP contribution in [0.3, 0.4) is 0 Å². The number of hydrogen-bond acceptors (Lipinski definition) is 3. The van der Waals surface area contributed by atoms with Crippen LogP contribution in [-0.4, -0.2) is 42.5 Å². The van der Waals surface area contributed by atoms with Crippen molar-refractivity contribution in [3.8, 4) is 0 Å². The second kappa shape index (κ2) is 6.22. The van der Waals surface area contributed by atoms with Crippen LogP contribution in [0.5, 0.6) is 0 Å². The molecule has 2 rings (SSSR count). The second-order valence-electron chi connectivity index (χ2n) is 5.40. The van der Waals surface area contributed by atoms with Gasteiger partial charge in [-0.1, -0.05) is 12.1 Å². The molecule has 0 spiro atoms. The molecule has 1 saturated heterocycles. The molecule has 6 heteroatoms. The molecule has 1 N–H and O–H groups in total. The minimum atomic E-state index is -0.850. The fraction of sp³-hybridized carbons (Fsp3) is 0.467. The molecule has 1 heterocycles. The first-order valence-corrected chi connectivity index (χ1v) is 6.83. The second-order valence-corrected chi connectivity index (χ2v) is 5.40. The zero-order chi connectivity index (χ0) is 15.6. The minimum Gasteiger partial charge on any atom is -0.356 e. The quantitative estimate of drug-likeness (QED) is 0.912. The van der Waals surface area contributed by atoms with E-state index >= 15 is 0 Å². The van der Waals surface area contributed by atoms with Crippen molar-refractivity contribution >= 4 is 11.8 Å². The van der Waals surface area contributed by atoms with Gasteiger partial charge in [-0.3, -0.25) is 9.59 Å². The van der Waals surface area contributed by atoms with Gasteiger partial charge in [0.15, 0.2) is 6.10 Å². The van der Waals surface area contributed by atoms with Crippen LogP contribution >= 0.6 is 0 Å². The topological polar surface area (TPSA) is 58.6 Å². The lowest BCUT2D eigenvalue weighted by Gasteiger charge is -2.38. The number of rotatable bonds is 3. The highest BCUT2D eigenvalue weighted by atomic mass is 19.1. The van der Waals surface area contributed by atoms with E-state index in [1.54, 1.807) is 19.2 Å². The zero-order valence-corrected chi connectivity index (χ0v) is 12.3. The number of carbonyl (C=O) groups is 2. The van der Waals surface area contributed by atoms with E-state index in [0.29, 0.717) is 5.56 Å². The molecule has 0 radical (unpaired) electrons. The Hall–Kier alpha value is -1.95. The maximum Gasteiger partial charge on any atom is 0.251 e. The first-order valence-electron chi connectivity index (χ1n) is 6.83. The summed E-state index contributed by atoms with van der Waals surface area (Å²) in [5, 5.41) is 2.77. The number of nitrogens with zero attached hydrogens (tertiary/aromatic N) is 1. The molecule has 1 aliphatic heterocycles. The lowest BCUT2D eigenvalue weighted by atomic mass is 9.97. The van der Waals surface area contributed by atoms with Crippen molar-refractivity contribution in [2.75, 3.05) is 13.7 Å². The van der Waals surface area contributed by atoms with Crippen LogP contribution in [0.15, 0.2) is 24.3 Å². The average molecular weight is 294 g/mol. The summed E-state index contributed by atoms with van der Waals surface area (Å²) in [6, 6.07) is 5.19. The minimum absolute atomic E-state index is 0.0443. The third-order valence-electron chi connectivity index (χ3n) is 3.36. The Kier molecular flexibility index (Phi) is 4.57. The van der Waals surface area contributed by atoms with Crippen molar-refractivity contribution in [3.05, 3.63) is 35.6 Å². The molecule has 0 aromatic heterocycles. The Labute approximate surface area is 123 Å². The van der Waals surface area contributed by atoms with Crippen LogP contribution in [0, 0.1) is 5.82 Å². The van der Waals surface area contributed by atoms with E-state index in [2.05, 4.69) is 5.32 Å². The summed E-state index contributed by atoms with van der Waals surface area (Å²) in [6.45, 7) is 3.53. The van der Waals surface area contributed by atoms with Gasteiger partial charge >= 0.3 is 0 Å². The number of carbonyl (C=O) groups excluding carboxylic acids is 2. The number of ether oxygens (including phenoxy) is 1. The van der Waals surface area contributed by atoms with Crippen molar-refractivity contribution in [2.45, 2.75) is 32.0 Å². The molecule has 2 amide bonds. The van der Waals surface area contributed by atoms with Gasteiger partial charge in [0, 0.05) is 13.1 Å². The molecule has 1 aliphatic rings. The van der Waals surface area contributed by atoms with Gasteiger partial charge in [-0.05, 0) is 31.5 Å². The van der Waals surface area contributed by atoms with Gasteiger partial charge in [-0.25, -0.2) is 4.39 Å². The van der Waals surface area contributed by atoms with E-state index in [1.807, 2.05) is 13.8 Å². The van der Waals surface area contributed by atoms with E-state index in [1.165, 1.54) is 17.0 Å². The highest BCUT2D eigenvalue weighted by molar-refractivity contribution is 5.86. The van der Waals surface area contributed by atoms with Gasteiger partial charge in [0.2, 0.25) is 5.91 Å². The van der Waals surface area contributed by atoms with Crippen LogP contribution in [-0.2, 0) is 14.3 Å². The van der Waals surface area contributed by atoms with Crippen molar-refractivity contribution in [1.29, 1.82) is 0 Å². The number of nitrogens with one attached hydrogen (secondary N) is 1. The summed E-state index contributed by atoms with van der Waals surface area (Å²) >= 11 is 0. The van der Waals surface area contributed by atoms with E-state index in [0.717, 1.165) is 0 Å². The molecule has 0 aliphatic carbocycles. The summed E-state index contributed by atoms with van der Waals surface area (Å²) in [5.41, 5.74) is 0.537. The Morgan fingerprint density at radius 3 is 2.81 bits per heavy atom. The number of amides is 2. The van der Waals surface area contributed by atoms with Gasteiger partial charge in [0.05, 0.1) is 6.04 Å². The van der Waals surface area contributed by atoms with Crippen LogP contribution in [0.1, 0.15) is 25.5 Å². The molecule has 1 aromatic rings. The van der Waals surface area contributed by atoms with Crippen molar-refractivity contribution in [2.24, 2.45) is 0 Å². The third kappa shape index (κ3) is 3.39. The lowest BCUT2D eigenvalue weighted by molar-refractivity contribution is -0.162. The van der Waals surface area contributed by atoms with Gasteiger partial charge in [-0.15, -0.1) is 0 Å². The molecule has 21 heavy (non-hydrogen) atoms. The largest absolute Gasteiger partial charge is 0.356 e. The zero-order valence-electron chi connectivity index (χ0n) is 12.3. The standard InChI is InChI=1S/C15H19FN2O3/c1-9(2)17-15(20)14-13(18(3)12(19)8-21-14)10-5-4-6-11(16)7-10/h4-7,9,13-14H,8H2,1-3H3,(H,17,20)/t13-,14+/m1/s1. The monoisotopic (exact) mass is 294 g/mol. The molecule has 5 nitrogen and oxygen atoms in total. The van der Waals surface area contributed by atoms with Crippen LogP contribution in [0.25, 0.3) is 0 Å². The van der Waals surface area contributed by atoms with Crippen LogP contribution in [0.2, 0.25) is 0 Å². The Morgan fingerprint density at radius 2 is 2.19 bits per heavy atom. The van der Waals surface area contributed by atoms with Gasteiger partial charge in [0.25, 0.3) is 5.91 Å². The Morgan fingerprint density at radius 1 is 1.48 bits per heavy atom. The number of benzene rings is 1. The molecular formula is C15H19FN2O3. The fourth-order valence-corrected chi connectivity index (χ4v) is 2.39.